The van der Waals surface area contributed by atoms with Crippen LogP contribution >= 0.6 is 11.6 Å². The lowest BCUT2D eigenvalue weighted by Gasteiger charge is -2.15. The summed E-state index contributed by atoms with van der Waals surface area (Å²) in [6, 6.07) is 12.7. The van der Waals surface area contributed by atoms with E-state index in [1.807, 2.05) is 22.8 Å². The monoisotopic (exact) mass is 302 g/mol. The van der Waals surface area contributed by atoms with Crippen LogP contribution < -0.4 is 0 Å². The van der Waals surface area contributed by atoms with E-state index in [-0.39, 0.29) is 11.7 Å². The first kappa shape index (κ1) is 14.1. The fourth-order valence-corrected chi connectivity index (χ4v) is 2.82. The molecule has 0 atom stereocenters. The summed E-state index contributed by atoms with van der Waals surface area (Å²) in [4.78, 5) is 4.51. The van der Waals surface area contributed by atoms with Crippen LogP contribution in [0, 0.1) is 5.82 Å². The summed E-state index contributed by atoms with van der Waals surface area (Å²) >= 11 is 6.05. The number of benzene rings is 2. The number of aromatic nitrogens is 2. The average Bonchev–Trinajstić information content (AvgIpc) is 2.84. The summed E-state index contributed by atoms with van der Waals surface area (Å²) in [5, 5.41) is 0. The molecule has 0 aliphatic rings. The van der Waals surface area contributed by atoms with Crippen LogP contribution in [0.25, 0.3) is 16.7 Å². The van der Waals surface area contributed by atoms with Gasteiger partial charge in [-0.2, -0.15) is 0 Å². The lowest BCUT2D eigenvalue weighted by molar-refractivity contribution is 0.629. The molecule has 4 heteroatoms. The molecule has 0 saturated heterocycles. The van der Waals surface area contributed by atoms with Gasteiger partial charge in [0.2, 0.25) is 0 Å². The van der Waals surface area contributed by atoms with Crippen LogP contribution in [0.3, 0.4) is 0 Å². The third-order valence-electron chi connectivity index (χ3n) is 3.61. The van der Waals surface area contributed by atoms with E-state index >= 15 is 0 Å². The molecule has 0 unspecified atom stereocenters. The normalized spacial score (nSPS) is 11.5. The Morgan fingerprint density at radius 1 is 1.19 bits per heavy atom. The summed E-state index contributed by atoms with van der Waals surface area (Å²) in [5.74, 6) is 1.09. The van der Waals surface area contributed by atoms with Gasteiger partial charge < -0.3 is 0 Å². The minimum Gasteiger partial charge on any atom is -0.295 e. The number of fused-ring (bicyclic) bond motifs is 1. The van der Waals surface area contributed by atoms with Gasteiger partial charge in [-0.1, -0.05) is 32.0 Å². The van der Waals surface area contributed by atoms with E-state index in [2.05, 4.69) is 24.9 Å². The van der Waals surface area contributed by atoms with E-state index in [9.17, 15) is 4.39 Å². The summed E-state index contributed by atoms with van der Waals surface area (Å²) in [6.07, 6.45) is 0. The summed E-state index contributed by atoms with van der Waals surface area (Å²) in [5.41, 5.74) is 3.70. The maximum Gasteiger partial charge on any atom is 0.129 e. The molecule has 1 heterocycles. The van der Waals surface area contributed by atoms with Crippen molar-refractivity contribution in [3.8, 4) is 5.69 Å². The third-order valence-corrected chi connectivity index (χ3v) is 3.84. The van der Waals surface area contributed by atoms with Crippen molar-refractivity contribution in [1.82, 2.24) is 9.55 Å². The SMILES string of the molecule is CC(C)c1ccccc1-n1c(CCl)nc2ccc(F)cc21. The standard InChI is InChI=1S/C17H16ClFN2/c1-11(2)13-5-3-4-6-15(13)21-16-9-12(19)7-8-14(16)20-17(21)10-18/h3-9,11H,10H2,1-2H3. The Kier molecular flexibility index (Phi) is 3.68. The molecule has 0 fully saturated rings. The Hall–Kier alpha value is -1.87. The number of para-hydroxylation sites is 1. The fourth-order valence-electron chi connectivity index (χ4n) is 2.64. The lowest BCUT2D eigenvalue weighted by Crippen LogP contribution is -2.04. The Balaban J connectivity index is 2.36. The lowest BCUT2D eigenvalue weighted by atomic mass is 10.0. The third kappa shape index (κ3) is 2.42. The molecule has 1 aromatic heterocycles. The molecule has 3 rings (SSSR count). The predicted octanol–water partition coefficient (Wildman–Crippen LogP) is 5.03. The van der Waals surface area contributed by atoms with Crippen LogP contribution in [0.1, 0.15) is 31.2 Å². The first-order valence-electron chi connectivity index (χ1n) is 6.94. The highest BCUT2D eigenvalue weighted by molar-refractivity contribution is 6.17. The molecular formula is C17H16ClFN2. The van der Waals surface area contributed by atoms with Crippen molar-refractivity contribution < 1.29 is 4.39 Å². The van der Waals surface area contributed by atoms with Gasteiger partial charge in [-0.05, 0) is 29.7 Å². The van der Waals surface area contributed by atoms with Crippen LogP contribution in [0.15, 0.2) is 42.5 Å². The van der Waals surface area contributed by atoms with Crippen molar-refractivity contribution in [3.05, 3.63) is 59.7 Å². The predicted molar refractivity (Wildman–Crippen MR) is 84.7 cm³/mol. The zero-order valence-corrected chi connectivity index (χ0v) is 12.7. The van der Waals surface area contributed by atoms with Gasteiger partial charge in [0.05, 0.1) is 22.6 Å². The van der Waals surface area contributed by atoms with Gasteiger partial charge in [0, 0.05) is 6.07 Å². The van der Waals surface area contributed by atoms with Gasteiger partial charge in [0.1, 0.15) is 11.6 Å². The molecule has 0 spiro atoms. The number of halogens is 2. The van der Waals surface area contributed by atoms with Crippen LogP contribution in [-0.2, 0) is 5.88 Å². The molecule has 0 saturated carbocycles. The zero-order chi connectivity index (χ0) is 15.0. The Labute approximate surface area is 128 Å². The van der Waals surface area contributed by atoms with Gasteiger partial charge in [0.25, 0.3) is 0 Å². The molecule has 0 radical (unpaired) electrons. The topological polar surface area (TPSA) is 17.8 Å². The molecule has 21 heavy (non-hydrogen) atoms. The molecule has 3 aromatic rings. The first-order valence-corrected chi connectivity index (χ1v) is 7.47. The number of hydrogen-bond acceptors (Lipinski definition) is 1. The highest BCUT2D eigenvalue weighted by Gasteiger charge is 2.16. The highest BCUT2D eigenvalue weighted by Crippen LogP contribution is 2.29. The van der Waals surface area contributed by atoms with Crippen LogP contribution in [0.2, 0.25) is 0 Å². The molecule has 0 amide bonds. The van der Waals surface area contributed by atoms with Crippen LogP contribution in [0.5, 0.6) is 0 Å². The number of alkyl halides is 1. The maximum absolute atomic E-state index is 13.6. The van der Waals surface area contributed by atoms with Crippen molar-refractivity contribution in [2.75, 3.05) is 0 Å². The largest absolute Gasteiger partial charge is 0.295 e. The second-order valence-electron chi connectivity index (χ2n) is 5.34. The highest BCUT2D eigenvalue weighted by atomic mass is 35.5. The van der Waals surface area contributed by atoms with E-state index < -0.39 is 0 Å². The van der Waals surface area contributed by atoms with Gasteiger partial charge in [-0.15, -0.1) is 11.6 Å². The van der Waals surface area contributed by atoms with E-state index in [1.165, 1.54) is 17.7 Å². The van der Waals surface area contributed by atoms with E-state index in [4.69, 9.17) is 11.6 Å². The number of hydrogen-bond donors (Lipinski definition) is 0. The van der Waals surface area contributed by atoms with Gasteiger partial charge >= 0.3 is 0 Å². The molecule has 0 bridgehead atoms. The molecular weight excluding hydrogens is 287 g/mol. The molecule has 0 aliphatic carbocycles. The number of rotatable bonds is 3. The maximum atomic E-state index is 13.6. The zero-order valence-electron chi connectivity index (χ0n) is 12.0. The average molecular weight is 303 g/mol. The fraction of sp³-hybridized carbons (Fsp3) is 0.235. The summed E-state index contributed by atoms with van der Waals surface area (Å²) in [6.45, 7) is 4.28. The van der Waals surface area contributed by atoms with Crippen LogP contribution in [-0.4, -0.2) is 9.55 Å². The smallest absolute Gasteiger partial charge is 0.129 e. The number of nitrogens with zero attached hydrogens (tertiary/aromatic N) is 2. The van der Waals surface area contributed by atoms with Gasteiger partial charge in [0.15, 0.2) is 0 Å². The van der Waals surface area contributed by atoms with Crippen molar-refractivity contribution in [1.29, 1.82) is 0 Å². The van der Waals surface area contributed by atoms with Crippen molar-refractivity contribution in [2.24, 2.45) is 0 Å². The van der Waals surface area contributed by atoms with Crippen molar-refractivity contribution in [3.63, 3.8) is 0 Å². The minimum atomic E-state index is -0.271. The molecule has 0 N–H and O–H groups in total. The van der Waals surface area contributed by atoms with E-state index in [0.29, 0.717) is 5.92 Å². The molecule has 2 nitrogen and oxygen atoms in total. The Morgan fingerprint density at radius 2 is 1.95 bits per heavy atom. The van der Waals surface area contributed by atoms with Crippen molar-refractivity contribution >= 4 is 22.6 Å². The Morgan fingerprint density at radius 3 is 2.67 bits per heavy atom. The summed E-state index contributed by atoms with van der Waals surface area (Å²) in [7, 11) is 0. The number of imidazole rings is 1. The molecule has 108 valence electrons. The second kappa shape index (κ2) is 5.49. The van der Waals surface area contributed by atoms with Gasteiger partial charge in [-0.25, -0.2) is 9.37 Å². The molecule has 0 aliphatic heterocycles. The van der Waals surface area contributed by atoms with E-state index in [1.54, 1.807) is 6.07 Å². The van der Waals surface area contributed by atoms with Crippen LogP contribution in [0.4, 0.5) is 4.39 Å². The minimum absolute atomic E-state index is 0.271. The second-order valence-corrected chi connectivity index (χ2v) is 5.61. The van der Waals surface area contributed by atoms with E-state index in [0.717, 1.165) is 22.5 Å². The Bertz CT molecular complexity index is 793. The summed E-state index contributed by atoms with van der Waals surface area (Å²) < 4.78 is 15.6. The molecule has 2 aromatic carbocycles. The first-order chi connectivity index (χ1) is 10.1. The quantitative estimate of drug-likeness (QED) is 0.621. The van der Waals surface area contributed by atoms with Crippen molar-refractivity contribution in [2.45, 2.75) is 25.6 Å². The van der Waals surface area contributed by atoms with Gasteiger partial charge in [-0.3, -0.25) is 4.57 Å².